The minimum Gasteiger partial charge on any atom is -0.247 e. The molecule has 0 fully saturated rings. The van der Waals surface area contributed by atoms with E-state index in [1.54, 1.807) is 0 Å². The van der Waals surface area contributed by atoms with Crippen molar-refractivity contribution in [1.82, 2.24) is 0 Å². The fraction of sp³-hybridized carbons (Fsp3) is 0.300. The lowest BCUT2D eigenvalue weighted by atomic mass is 9.81. The second-order valence-corrected chi connectivity index (χ2v) is 8.62. The molecule has 0 spiro atoms. The highest BCUT2D eigenvalue weighted by Gasteiger charge is 2.51. The molecule has 0 unspecified atom stereocenters. The zero-order chi connectivity index (χ0) is 16.9. The molecule has 2 aliphatic heterocycles. The van der Waals surface area contributed by atoms with Crippen LogP contribution in [-0.2, 0) is 0 Å². The first-order valence-corrected chi connectivity index (χ1v) is 8.95. The maximum atomic E-state index is 9.90. The van der Waals surface area contributed by atoms with Crippen molar-refractivity contribution in [2.45, 2.75) is 36.5 Å². The largest absolute Gasteiger partial charge is 0.247 e. The standard InChI is InChI=1S/C20H19N3S/c1-13-9-10-17-15(11-13)19-18(20(2,3)24-17)16(12-21)23(22-19)14-7-5-4-6-8-14/h4-11,16,18H,1-3H3/t16-,18+/m0/s1. The number of hydrogen-bond acceptors (Lipinski definition) is 4. The Labute approximate surface area is 147 Å². The molecule has 0 N–H and O–H groups in total. The van der Waals surface area contributed by atoms with Crippen LogP contribution in [0.4, 0.5) is 5.69 Å². The van der Waals surface area contributed by atoms with Gasteiger partial charge in [-0.15, -0.1) is 11.8 Å². The first kappa shape index (κ1) is 15.3. The van der Waals surface area contributed by atoms with Crippen LogP contribution in [0.1, 0.15) is 25.0 Å². The Morgan fingerprint density at radius 1 is 1.17 bits per heavy atom. The lowest BCUT2D eigenvalue weighted by molar-refractivity contribution is 0.504. The molecular formula is C20H19N3S. The molecular weight excluding hydrogens is 314 g/mol. The van der Waals surface area contributed by atoms with E-state index in [1.807, 2.05) is 47.1 Å². The van der Waals surface area contributed by atoms with Crippen LogP contribution < -0.4 is 5.01 Å². The van der Waals surface area contributed by atoms with Gasteiger partial charge in [-0.1, -0.05) is 29.8 Å². The summed E-state index contributed by atoms with van der Waals surface area (Å²) in [7, 11) is 0. The van der Waals surface area contributed by atoms with Crippen molar-refractivity contribution in [3.05, 3.63) is 59.7 Å². The van der Waals surface area contributed by atoms with E-state index in [0.717, 1.165) is 11.4 Å². The Morgan fingerprint density at radius 3 is 2.62 bits per heavy atom. The number of hydrazone groups is 1. The van der Waals surface area contributed by atoms with Crippen molar-refractivity contribution in [2.75, 3.05) is 5.01 Å². The predicted octanol–water partition coefficient (Wildman–Crippen LogP) is 4.61. The second-order valence-electron chi connectivity index (χ2n) is 6.92. The van der Waals surface area contributed by atoms with E-state index >= 15 is 0 Å². The van der Waals surface area contributed by atoms with Gasteiger partial charge in [-0.25, -0.2) is 5.01 Å². The summed E-state index contributed by atoms with van der Waals surface area (Å²) in [6.07, 6.45) is 0. The van der Waals surface area contributed by atoms with E-state index in [9.17, 15) is 5.26 Å². The van der Waals surface area contributed by atoms with Gasteiger partial charge >= 0.3 is 0 Å². The molecule has 24 heavy (non-hydrogen) atoms. The maximum Gasteiger partial charge on any atom is 0.148 e. The Hall–Kier alpha value is -2.25. The molecule has 120 valence electrons. The summed E-state index contributed by atoms with van der Waals surface area (Å²) in [5, 5.41) is 16.7. The maximum absolute atomic E-state index is 9.90. The van der Waals surface area contributed by atoms with Crippen LogP contribution >= 0.6 is 11.8 Å². The fourth-order valence-electron chi connectivity index (χ4n) is 3.67. The monoisotopic (exact) mass is 333 g/mol. The number of rotatable bonds is 1. The lowest BCUT2D eigenvalue weighted by Gasteiger charge is -2.38. The molecule has 0 bridgehead atoms. The van der Waals surface area contributed by atoms with Gasteiger partial charge in [0.1, 0.15) is 6.04 Å². The van der Waals surface area contributed by atoms with E-state index in [2.05, 4.69) is 45.0 Å². The first-order valence-electron chi connectivity index (χ1n) is 8.14. The third-order valence-electron chi connectivity index (χ3n) is 4.78. The Balaban J connectivity index is 1.91. The summed E-state index contributed by atoms with van der Waals surface area (Å²) >= 11 is 1.86. The molecule has 2 atom stereocenters. The highest BCUT2D eigenvalue weighted by molar-refractivity contribution is 8.00. The van der Waals surface area contributed by atoms with Gasteiger partial charge in [-0.3, -0.25) is 0 Å². The molecule has 2 aromatic rings. The zero-order valence-electron chi connectivity index (χ0n) is 14.0. The van der Waals surface area contributed by atoms with Gasteiger partial charge in [-0.2, -0.15) is 10.4 Å². The lowest BCUT2D eigenvalue weighted by Crippen LogP contribution is -2.45. The SMILES string of the molecule is Cc1ccc2c(c1)C1=NN(c3ccccc3)[C@@H](C#N)[C@H]1C(C)(C)S2. The van der Waals surface area contributed by atoms with E-state index in [-0.39, 0.29) is 16.7 Å². The number of benzene rings is 2. The van der Waals surface area contributed by atoms with Crippen molar-refractivity contribution >= 4 is 23.2 Å². The molecule has 2 aliphatic rings. The third-order valence-corrected chi connectivity index (χ3v) is 6.13. The number of thioether (sulfide) groups is 1. The van der Waals surface area contributed by atoms with E-state index < -0.39 is 0 Å². The van der Waals surface area contributed by atoms with Crippen molar-refractivity contribution < 1.29 is 0 Å². The number of para-hydroxylation sites is 1. The minimum atomic E-state index is -0.279. The summed E-state index contributed by atoms with van der Waals surface area (Å²) in [4.78, 5) is 1.26. The number of aryl methyl sites for hydroxylation is 1. The number of nitriles is 1. The molecule has 0 saturated heterocycles. The van der Waals surface area contributed by atoms with Crippen LogP contribution in [0.3, 0.4) is 0 Å². The Bertz CT molecular complexity index is 864. The van der Waals surface area contributed by atoms with Crippen LogP contribution in [0.5, 0.6) is 0 Å². The number of fused-ring (bicyclic) bond motifs is 3. The Kier molecular flexibility index (Phi) is 3.43. The van der Waals surface area contributed by atoms with Crippen molar-refractivity contribution in [3.8, 4) is 6.07 Å². The minimum absolute atomic E-state index is 0.0784. The number of hydrogen-bond donors (Lipinski definition) is 0. The summed E-state index contributed by atoms with van der Waals surface area (Å²) < 4.78 is -0.0784. The average molecular weight is 333 g/mol. The average Bonchev–Trinajstić information content (AvgIpc) is 2.97. The van der Waals surface area contributed by atoms with Gasteiger partial charge in [0.25, 0.3) is 0 Å². The molecule has 0 saturated carbocycles. The van der Waals surface area contributed by atoms with E-state index in [1.165, 1.54) is 16.0 Å². The van der Waals surface area contributed by atoms with Gasteiger partial charge in [0.2, 0.25) is 0 Å². The highest BCUT2D eigenvalue weighted by atomic mass is 32.2. The van der Waals surface area contributed by atoms with Crippen LogP contribution in [-0.4, -0.2) is 16.5 Å². The molecule has 2 heterocycles. The van der Waals surface area contributed by atoms with Gasteiger partial charge in [-0.05, 0) is 45.0 Å². The summed E-state index contributed by atoms with van der Waals surface area (Å²) in [5.74, 6) is 0.0852. The predicted molar refractivity (Wildman–Crippen MR) is 99.5 cm³/mol. The molecule has 0 aliphatic carbocycles. The molecule has 4 rings (SSSR count). The number of nitrogens with zero attached hydrogens (tertiary/aromatic N) is 3. The normalized spacial score (nSPS) is 23.9. The molecule has 0 radical (unpaired) electrons. The smallest absolute Gasteiger partial charge is 0.148 e. The van der Waals surface area contributed by atoms with Crippen molar-refractivity contribution in [2.24, 2.45) is 11.0 Å². The first-order chi connectivity index (χ1) is 11.5. The van der Waals surface area contributed by atoms with Gasteiger partial charge in [0.05, 0.1) is 23.4 Å². The topological polar surface area (TPSA) is 39.4 Å². The zero-order valence-corrected chi connectivity index (χ0v) is 14.8. The van der Waals surface area contributed by atoms with Crippen LogP contribution in [0.15, 0.2) is 58.5 Å². The van der Waals surface area contributed by atoms with Crippen LogP contribution in [0, 0.1) is 24.2 Å². The second kappa shape index (κ2) is 5.39. The van der Waals surface area contributed by atoms with Gasteiger partial charge in [0.15, 0.2) is 0 Å². The highest BCUT2D eigenvalue weighted by Crippen LogP contribution is 2.51. The fourth-order valence-corrected chi connectivity index (χ4v) is 5.01. The van der Waals surface area contributed by atoms with E-state index in [0.29, 0.717) is 0 Å². The van der Waals surface area contributed by atoms with Crippen molar-refractivity contribution in [3.63, 3.8) is 0 Å². The van der Waals surface area contributed by atoms with Crippen LogP contribution in [0.2, 0.25) is 0 Å². The van der Waals surface area contributed by atoms with Gasteiger partial charge < -0.3 is 0 Å². The van der Waals surface area contributed by atoms with Crippen LogP contribution in [0.25, 0.3) is 0 Å². The molecule has 4 heteroatoms. The molecule has 2 aromatic carbocycles. The summed E-state index contributed by atoms with van der Waals surface area (Å²) in [6, 6.07) is 18.8. The van der Waals surface area contributed by atoms with Crippen molar-refractivity contribution in [1.29, 1.82) is 5.26 Å². The van der Waals surface area contributed by atoms with E-state index in [4.69, 9.17) is 5.10 Å². The Morgan fingerprint density at radius 2 is 1.92 bits per heavy atom. The molecule has 0 aromatic heterocycles. The summed E-state index contributed by atoms with van der Waals surface area (Å²) in [6.45, 7) is 6.55. The number of anilines is 1. The quantitative estimate of drug-likeness (QED) is 0.765. The molecule has 3 nitrogen and oxygen atoms in total. The third kappa shape index (κ3) is 2.23. The molecule has 0 amide bonds. The summed E-state index contributed by atoms with van der Waals surface area (Å²) in [5.41, 5.74) is 4.43. The van der Waals surface area contributed by atoms with Gasteiger partial charge in [0, 0.05) is 15.2 Å².